The molecule has 1 atom stereocenters. The monoisotopic (exact) mass is 254 g/mol. The summed E-state index contributed by atoms with van der Waals surface area (Å²) in [6, 6.07) is 5.74. The van der Waals surface area contributed by atoms with Gasteiger partial charge in [-0.15, -0.1) is 0 Å². The van der Waals surface area contributed by atoms with E-state index in [-0.39, 0.29) is 0 Å². The second-order valence-corrected chi connectivity index (χ2v) is 4.26. The van der Waals surface area contributed by atoms with Gasteiger partial charge in [0.05, 0.1) is 0 Å². The normalized spacial score (nSPS) is 13.4. The minimum Gasteiger partial charge on any atom is -0.458 e. The van der Waals surface area contributed by atoms with Crippen molar-refractivity contribution in [3.63, 3.8) is 0 Å². The summed E-state index contributed by atoms with van der Waals surface area (Å²) >= 11 is 3.46. The van der Waals surface area contributed by atoms with Crippen LogP contribution in [0, 0.1) is 6.92 Å². The van der Waals surface area contributed by atoms with E-state index in [1.165, 1.54) is 0 Å². The predicted octanol–water partition coefficient (Wildman–Crippen LogP) is 3.56. The highest BCUT2D eigenvalue weighted by Gasteiger charge is 2.10. The molecule has 1 heterocycles. The standard InChI is InChI=1S/C11H11BrO2/c1-6-8-5-11(7(2)13)14-10(8)4-3-9(6)12/h3-5,7,13H,1-2H3. The van der Waals surface area contributed by atoms with Crippen LogP contribution in [0.25, 0.3) is 11.0 Å². The van der Waals surface area contributed by atoms with Crippen molar-refractivity contribution in [2.75, 3.05) is 0 Å². The first-order chi connectivity index (χ1) is 6.59. The maximum atomic E-state index is 9.38. The van der Waals surface area contributed by atoms with Crippen molar-refractivity contribution in [1.82, 2.24) is 0 Å². The molecule has 0 radical (unpaired) electrons. The van der Waals surface area contributed by atoms with Gasteiger partial charge in [-0.05, 0) is 37.6 Å². The van der Waals surface area contributed by atoms with Crippen molar-refractivity contribution in [2.24, 2.45) is 0 Å². The highest BCUT2D eigenvalue weighted by atomic mass is 79.9. The lowest BCUT2D eigenvalue weighted by molar-refractivity contribution is 0.172. The summed E-state index contributed by atoms with van der Waals surface area (Å²) in [4.78, 5) is 0. The molecule has 0 fully saturated rings. The topological polar surface area (TPSA) is 33.4 Å². The van der Waals surface area contributed by atoms with Crippen molar-refractivity contribution in [2.45, 2.75) is 20.0 Å². The first kappa shape index (κ1) is 9.74. The Labute approximate surface area is 90.7 Å². The summed E-state index contributed by atoms with van der Waals surface area (Å²) < 4.78 is 6.55. The number of benzene rings is 1. The molecule has 1 aromatic carbocycles. The third kappa shape index (κ3) is 1.47. The lowest BCUT2D eigenvalue weighted by Gasteiger charge is -1.96. The maximum Gasteiger partial charge on any atom is 0.134 e. The second kappa shape index (κ2) is 3.41. The molecule has 0 saturated carbocycles. The molecule has 2 aromatic rings. The number of furan rings is 1. The summed E-state index contributed by atoms with van der Waals surface area (Å²) in [5.41, 5.74) is 1.96. The molecule has 0 aliphatic rings. The first-order valence-electron chi connectivity index (χ1n) is 4.46. The van der Waals surface area contributed by atoms with Crippen LogP contribution >= 0.6 is 15.9 Å². The summed E-state index contributed by atoms with van der Waals surface area (Å²) in [5, 5.41) is 10.4. The molecule has 2 nitrogen and oxygen atoms in total. The molecule has 0 bridgehead atoms. The van der Waals surface area contributed by atoms with Gasteiger partial charge in [0.1, 0.15) is 17.4 Å². The van der Waals surface area contributed by atoms with Crippen LogP contribution in [0.1, 0.15) is 24.4 Å². The Morgan fingerprint density at radius 1 is 1.43 bits per heavy atom. The van der Waals surface area contributed by atoms with Crippen molar-refractivity contribution < 1.29 is 9.52 Å². The summed E-state index contributed by atoms with van der Waals surface area (Å²) in [6.45, 7) is 3.72. The van der Waals surface area contributed by atoms with E-state index in [0.29, 0.717) is 5.76 Å². The van der Waals surface area contributed by atoms with Gasteiger partial charge in [-0.2, -0.15) is 0 Å². The van der Waals surface area contributed by atoms with Gasteiger partial charge in [-0.1, -0.05) is 15.9 Å². The minimum atomic E-state index is -0.555. The molecular weight excluding hydrogens is 244 g/mol. The van der Waals surface area contributed by atoms with E-state index in [2.05, 4.69) is 15.9 Å². The molecule has 0 aliphatic heterocycles. The Morgan fingerprint density at radius 3 is 2.79 bits per heavy atom. The smallest absolute Gasteiger partial charge is 0.134 e. The summed E-state index contributed by atoms with van der Waals surface area (Å²) in [7, 11) is 0. The highest BCUT2D eigenvalue weighted by Crippen LogP contribution is 2.30. The average molecular weight is 255 g/mol. The van der Waals surface area contributed by atoms with Gasteiger partial charge in [0, 0.05) is 9.86 Å². The second-order valence-electron chi connectivity index (χ2n) is 3.41. The third-order valence-corrected chi connectivity index (χ3v) is 3.19. The molecule has 1 aromatic heterocycles. The Balaban J connectivity index is 2.71. The number of aliphatic hydroxyl groups excluding tert-OH is 1. The van der Waals surface area contributed by atoms with Crippen molar-refractivity contribution in [3.8, 4) is 0 Å². The van der Waals surface area contributed by atoms with Crippen LogP contribution < -0.4 is 0 Å². The number of rotatable bonds is 1. The molecule has 74 valence electrons. The number of halogens is 1. The molecule has 14 heavy (non-hydrogen) atoms. The van der Waals surface area contributed by atoms with E-state index in [0.717, 1.165) is 21.0 Å². The van der Waals surface area contributed by atoms with Crippen LogP contribution in [0.3, 0.4) is 0 Å². The van der Waals surface area contributed by atoms with E-state index in [4.69, 9.17) is 4.42 Å². The lowest BCUT2D eigenvalue weighted by Crippen LogP contribution is -1.85. The van der Waals surface area contributed by atoms with E-state index in [1.807, 2.05) is 25.1 Å². The van der Waals surface area contributed by atoms with Crippen LogP contribution in [0.2, 0.25) is 0 Å². The number of hydrogen-bond acceptors (Lipinski definition) is 2. The van der Waals surface area contributed by atoms with Gasteiger partial charge in [0.2, 0.25) is 0 Å². The van der Waals surface area contributed by atoms with Crippen LogP contribution in [0.4, 0.5) is 0 Å². The number of aryl methyl sites for hydroxylation is 1. The van der Waals surface area contributed by atoms with Gasteiger partial charge in [0.15, 0.2) is 0 Å². The van der Waals surface area contributed by atoms with Crippen molar-refractivity contribution in [3.05, 3.63) is 34.0 Å². The zero-order valence-corrected chi connectivity index (χ0v) is 9.63. The molecule has 0 saturated heterocycles. The largest absolute Gasteiger partial charge is 0.458 e. The Hall–Kier alpha value is -0.800. The van der Waals surface area contributed by atoms with Gasteiger partial charge in [-0.25, -0.2) is 0 Å². The fraction of sp³-hybridized carbons (Fsp3) is 0.273. The average Bonchev–Trinajstić information content (AvgIpc) is 2.56. The summed E-state index contributed by atoms with van der Waals surface area (Å²) in [6.07, 6.45) is -0.555. The number of aliphatic hydroxyl groups is 1. The van der Waals surface area contributed by atoms with E-state index in [1.54, 1.807) is 6.92 Å². The fourth-order valence-electron chi connectivity index (χ4n) is 1.45. The molecule has 0 aliphatic carbocycles. The molecular formula is C11H11BrO2. The highest BCUT2D eigenvalue weighted by molar-refractivity contribution is 9.10. The molecule has 3 heteroatoms. The zero-order valence-electron chi connectivity index (χ0n) is 8.04. The fourth-order valence-corrected chi connectivity index (χ4v) is 1.80. The van der Waals surface area contributed by atoms with E-state index >= 15 is 0 Å². The van der Waals surface area contributed by atoms with Gasteiger partial charge in [-0.3, -0.25) is 0 Å². The van der Waals surface area contributed by atoms with Gasteiger partial charge < -0.3 is 9.52 Å². The third-order valence-electron chi connectivity index (χ3n) is 2.33. The van der Waals surface area contributed by atoms with Gasteiger partial charge >= 0.3 is 0 Å². The maximum absolute atomic E-state index is 9.38. The molecule has 0 amide bonds. The SMILES string of the molecule is Cc1c(Br)ccc2oc(C(C)O)cc12. The quantitative estimate of drug-likeness (QED) is 0.845. The minimum absolute atomic E-state index is 0.555. The van der Waals surface area contributed by atoms with Crippen LogP contribution in [-0.2, 0) is 0 Å². The lowest BCUT2D eigenvalue weighted by atomic mass is 10.1. The van der Waals surface area contributed by atoms with E-state index in [9.17, 15) is 5.11 Å². The number of hydrogen-bond donors (Lipinski definition) is 1. The Kier molecular flexibility index (Phi) is 2.37. The van der Waals surface area contributed by atoms with E-state index < -0.39 is 6.10 Å². The van der Waals surface area contributed by atoms with Crippen molar-refractivity contribution in [1.29, 1.82) is 0 Å². The molecule has 2 rings (SSSR count). The van der Waals surface area contributed by atoms with Gasteiger partial charge in [0.25, 0.3) is 0 Å². The summed E-state index contributed by atoms with van der Waals surface area (Å²) in [5.74, 6) is 0.612. The molecule has 1 N–H and O–H groups in total. The van der Waals surface area contributed by atoms with Crippen LogP contribution in [0.15, 0.2) is 27.1 Å². The van der Waals surface area contributed by atoms with Crippen LogP contribution in [0.5, 0.6) is 0 Å². The predicted molar refractivity (Wildman–Crippen MR) is 59.3 cm³/mol. The molecule has 1 unspecified atom stereocenters. The zero-order chi connectivity index (χ0) is 10.3. The Bertz CT molecular complexity index is 471. The van der Waals surface area contributed by atoms with Crippen molar-refractivity contribution >= 4 is 26.9 Å². The first-order valence-corrected chi connectivity index (χ1v) is 5.25. The Morgan fingerprint density at radius 2 is 2.14 bits per heavy atom. The molecule has 0 spiro atoms. The van der Waals surface area contributed by atoms with Crippen LogP contribution in [-0.4, -0.2) is 5.11 Å². The number of fused-ring (bicyclic) bond motifs is 1.